The van der Waals surface area contributed by atoms with Gasteiger partial charge in [-0.05, 0) is 30.3 Å². The summed E-state index contributed by atoms with van der Waals surface area (Å²) in [6.45, 7) is 0.350. The summed E-state index contributed by atoms with van der Waals surface area (Å²) in [7, 11) is -4.00. The molecular weight excluding hydrogens is 477 g/mol. The number of hydrogen-bond acceptors (Lipinski definition) is 4. The lowest BCUT2D eigenvalue weighted by atomic mass is 10.2. The molecule has 2 heterocycles. The van der Waals surface area contributed by atoms with E-state index in [1.807, 2.05) is 0 Å². The average molecular weight is 491 g/mol. The van der Waals surface area contributed by atoms with Crippen molar-refractivity contribution in [1.29, 1.82) is 0 Å². The number of amides is 1. The van der Waals surface area contributed by atoms with Gasteiger partial charge in [0.15, 0.2) is 11.6 Å². The maximum atomic E-state index is 13.5. The Morgan fingerprint density at radius 2 is 1.67 bits per heavy atom. The van der Waals surface area contributed by atoms with Crippen LogP contribution in [0.25, 0.3) is 10.1 Å². The number of carbonyl (C=O) groups excluding carboxylic acids is 1. The molecule has 0 spiro atoms. The number of rotatable bonds is 3. The predicted octanol–water partition coefficient (Wildman–Crippen LogP) is 4.63. The Kier molecular flexibility index (Phi) is 5.75. The number of nitrogens with zero attached hydrogens (tertiary/aromatic N) is 2. The zero-order valence-corrected chi connectivity index (χ0v) is 18.4. The van der Waals surface area contributed by atoms with Gasteiger partial charge in [0.1, 0.15) is 4.88 Å². The zero-order chi connectivity index (χ0) is 21.6. The Bertz CT molecular complexity index is 1260. The van der Waals surface area contributed by atoms with Crippen LogP contribution >= 0.6 is 34.5 Å². The lowest BCUT2D eigenvalue weighted by molar-refractivity contribution is 0.0703. The van der Waals surface area contributed by atoms with E-state index in [2.05, 4.69) is 0 Å². The minimum absolute atomic E-state index is 0.0292. The quantitative estimate of drug-likeness (QED) is 0.537. The van der Waals surface area contributed by atoms with E-state index in [1.54, 1.807) is 18.2 Å². The van der Waals surface area contributed by atoms with Crippen molar-refractivity contribution in [3.05, 3.63) is 63.0 Å². The molecular formula is C19H14Cl2F2N2O3S2. The molecule has 0 unspecified atom stereocenters. The van der Waals surface area contributed by atoms with Gasteiger partial charge in [-0.15, -0.1) is 11.3 Å². The molecule has 0 saturated carbocycles. The third kappa shape index (κ3) is 3.80. The van der Waals surface area contributed by atoms with E-state index in [9.17, 15) is 22.0 Å². The van der Waals surface area contributed by atoms with Gasteiger partial charge in [0.05, 0.1) is 9.92 Å². The molecule has 4 rings (SSSR count). The monoisotopic (exact) mass is 490 g/mol. The molecule has 0 radical (unpaired) electrons. The lowest BCUT2D eigenvalue weighted by Crippen LogP contribution is -2.50. The number of halogens is 4. The first-order chi connectivity index (χ1) is 14.2. The highest BCUT2D eigenvalue weighted by Crippen LogP contribution is 2.37. The maximum absolute atomic E-state index is 13.5. The standard InChI is InChI=1S/C19H14Cl2F2N2O3S2/c20-11-1-3-13-16(9-11)29-18(17(13)21)19(26)24-5-7-25(8-6-24)30(27,28)12-2-4-14(22)15(23)10-12/h1-4,9-10H,5-8H2. The highest BCUT2D eigenvalue weighted by molar-refractivity contribution is 7.89. The Labute approximate surface area is 185 Å². The molecule has 1 saturated heterocycles. The summed E-state index contributed by atoms with van der Waals surface area (Å²) in [5.74, 6) is -2.64. The van der Waals surface area contributed by atoms with E-state index in [0.29, 0.717) is 21.0 Å². The van der Waals surface area contributed by atoms with E-state index in [0.717, 1.165) is 26.5 Å². The molecule has 0 aliphatic carbocycles. The number of fused-ring (bicyclic) bond motifs is 1. The third-order valence-electron chi connectivity index (χ3n) is 4.84. The first-order valence-electron chi connectivity index (χ1n) is 8.80. The Hall–Kier alpha value is -1.78. The summed E-state index contributed by atoms with van der Waals surface area (Å²) in [5.41, 5.74) is 0. The van der Waals surface area contributed by atoms with Gasteiger partial charge in [-0.3, -0.25) is 4.79 Å². The maximum Gasteiger partial charge on any atom is 0.265 e. The highest BCUT2D eigenvalue weighted by Gasteiger charge is 2.32. The molecule has 5 nitrogen and oxygen atoms in total. The molecule has 0 bridgehead atoms. The number of carbonyl (C=O) groups is 1. The fourth-order valence-electron chi connectivity index (χ4n) is 3.24. The van der Waals surface area contributed by atoms with Crippen molar-refractivity contribution in [2.45, 2.75) is 4.90 Å². The van der Waals surface area contributed by atoms with Gasteiger partial charge in [-0.25, -0.2) is 17.2 Å². The largest absolute Gasteiger partial charge is 0.335 e. The van der Waals surface area contributed by atoms with Gasteiger partial charge in [-0.1, -0.05) is 29.3 Å². The Balaban J connectivity index is 1.51. The van der Waals surface area contributed by atoms with Crippen molar-refractivity contribution >= 4 is 60.6 Å². The number of hydrogen-bond donors (Lipinski definition) is 0. The van der Waals surface area contributed by atoms with E-state index < -0.39 is 21.7 Å². The topological polar surface area (TPSA) is 57.7 Å². The van der Waals surface area contributed by atoms with Crippen molar-refractivity contribution in [3.63, 3.8) is 0 Å². The van der Waals surface area contributed by atoms with Crippen LogP contribution in [0.5, 0.6) is 0 Å². The lowest BCUT2D eigenvalue weighted by Gasteiger charge is -2.33. The van der Waals surface area contributed by atoms with E-state index in [1.165, 1.54) is 16.2 Å². The van der Waals surface area contributed by atoms with Gasteiger partial charge in [-0.2, -0.15) is 4.31 Å². The van der Waals surface area contributed by atoms with Crippen molar-refractivity contribution in [1.82, 2.24) is 9.21 Å². The second-order valence-corrected chi connectivity index (χ2v) is 10.5. The summed E-state index contributed by atoms with van der Waals surface area (Å²) < 4.78 is 53.9. The fourth-order valence-corrected chi connectivity index (χ4v) is 6.43. The van der Waals surface area contributed by atoms with Crippen LogP contribution in [0, 0.1) is 11.6 Å². The summed E-state index contributed by atoms with van der Waals surface area (Å²) in [4.78, 5) is 14.5. The minimum Gasteiger partial charge on any atom is -0.335 e. The van der Waals surface area contributed by atoms with E-state index in [-0.39, 0.29) is 37.0 Å². The first kappa shape index (κ1) is 21.5. The van der Waals surface area contributed by atoms with Crippen LogP contribution in [-0.4, -0.2) is 49.7 Å². The number of benzene rings is 2. The number of sulfonamides is 1. The summed E-state index contributed by atoms with van der Waals surface area (Å²) in [6, 6.07) is 7.63. The molecule has 2 aromatic carbocycles. The van der Waals surface area contributed by atoms with Crippen molar-refractivity contribution in [3.8, 4) is 0 Å². The molecule has 0 atom stereocenters. The van der Waals surface area contributed by atoms with Gasteiger partial charge in [0, 0.05) is 41.3 Å². The Morgan fingerprint density at radius 1 is 0.967 bits per heavy atom. The van der Waals surface area contributed by atoms with Gasteiger partial charge < -0.3 is 4.90 Å². The highest BCUT2D eigenvalue weighted by atomic mass is 35.5. The van der Waals surface area contributed by atoms with E-state index in [4.69, 9.17) is 23.2 Å². The van der Waals surface area contributed by atoms with Crippen molar-refractivity contribution in [2.75, 3.05) is 26.2 Å². The molecule has 0 N–H and O–H groups in total. The normalized spacial score (nSPS) is 15.7. The Morgan fingerprint density at radius 3 is 2.33 bits per heavy atom. The third-order valence-corrected chi connectivity index (χ3v) is 8.62. The molecule has 1 aliphatic heterocycles. The van der Waals surface area contributed by atoms with Crippen LogP contribution in [-0.2, 0) is 10.0 Å². The van der Waals surface area contributed by atoms with Crippen LogP contribution in [0.15, 0.2) is 41.3 Å². The molecule has 1 fully saturated rings. The number of piperazine rings is 1. The molecule has 1 aromatic heterocycles. The second-order valence-electron chi connectivity index (χ2n) is 6.66. The smallest absolute Gasteiger partial charge is 0.265 e. The van der Waals surface area contributed by atoms with Crippen LogP contribution < -0.4 is 0 Å². The van der Waals surface area contributed by atoms with Crippen LogP contribution in [0.2, 0.25) is 10.0 Å². The summed E-state index contributed by atoms with van der Waals surface area (Å²) in [5, 5.41) is 1.61. The SMILES string of the molecule is O=C(c1sc2cc(Cl)ccc2c1Cl)N1CCN(S(=O)(=O)c2ccc(F)c(F)c2)CC1. The van der Waals surface area contributed by atoms with Gasteiger partial charge in [0.2, 0.25) is 10.0 Å². The molecule has 1 aliphatic rings. The summed E-state index contributed by atoms with van der Waals surface area (Å²) in [6.07, 6.45) is 0. The van der Waals surface area contributed by atoms with Crippen molar-refractivity contribution in [2.24, 2.45) is 0 Å². The zero-order valence-electron chi connectivity index (χ0n) is 15.2. The number of thiophene rings is 1. The minimum atomic E-state index is -4.00. The molecule has 30 heavy (non-hydrogen) atoms. The molecule has 158 valence electrons. The first-order valence-corrected chi connectivity index (χ1v) is 11.8. The van der Waals surface area contributed by atoms with Gasteiger partial charge in [0.25, 0.3) is 5.91 Å². The van der Waals surface area contributed by atoms with Crippen LogP contribution in [0.3, 0.4) is 0 Å². The van der Waals surface area contributed by atoms with Crippen molar-refractivity contribution < 1.29 is 22.0 Å². The van der Waals surface area contributed by atoms with Gasteiger partial charge >= 0.3 is 0 Å². The molecule has 3 aromatic rings. The predicted molar refractivity (Wildman–Crippen MR) is 113 cm³/mol. The summed E-state index contributed by atoms with van der Waals surface area (Å²) >= 11 is 13.6. The second kappa shape index (κ2) is 8.05. The van der Waals surface area contributed by atoms with Crippen LogP contribution in [0.4, 0.5) is 8.78 Å². The molecule has 11 heteroatoms. The average Bonchev–Trinajstić information content (AvgIpc) is 3.05. The fraction of sp³-hybridized carbons (Fsp3) is 0.211. The molecule has 1 amide bonds. The van der Waals surface area contributed by atoms with Crippen LogP contribution in [0.1, 0.15) is 9.67 Å². The van der Waals surface area contributed by atoms with E-state index >= 15 is 0 Å².